The van der Waals surface area contributed by atoms with Crippen molar-refractivity contribution in [3.8, 4) is 5.75 Å². The van der Waals surface area contributed by atoms with Gasteiger partial charge in [0.2, 0.25) is 5.95 Å². The fraction of sp³-hybridized carbons (Fsp3) is 0.333. The minimum absolute atomic E-state index is 0.0170. The van der Waals surface area contributed by atoms with Gasteiger partial charge >= 0.3 is 5.82 Å². The number of H-pyrrole nitrogens is 1. The number of benzene rings is 1. The van der Waals surface area contributed by atoms with Gasteiger partial charge in [0.1, 0.15) is 18.7 Å². The van der Waals surface area contributed by atoms with Gasteiger partial charge < -0.3 is 37.7 Å². The number of nitrogens with zero attached hydrogens (tertiary/aromatic N) is 3. The summed E-state index contributed by atoms with van der Waals surface area (Å²) in [6.07, 6.45) is 1.52. The molecule has 1 atom stereocenters. The number of halogens is 1. The van der Waals surface area contributed by atoms with Crippen molar-refractivity contribution in [1.29, 1.82) is 0 Å². The van der Waals surface area contributed by atoms with Gasteiger partial charge in [-0.05, 0) is 24.6 Å². The lowest BCUT2D eigenvalue weighted by atomic mass is 10.2. The molecule has 4 aromatic rings. The Bertz CT molecular complexity index is 1450. The largest absolute Gasteiger partial charge is 0.519 e. The van der Waals surface area contributed by atoms with Crippen LogP contribution in [0, 0.1) is 12.7 Å². The van der Waals surface area contributed by atoms with E-state index in [9.17, 15) is 14.0 Å². The van der Waals surface area contributed by atoms with Crippen LogP contribution < -0.4 is 21.9 Å². The van der Waals surface area contributed by atoms with Crippen LogP contribution in [-0.2, 0) is 33.5 Å². The summed E-state index contributed by atoms with van der Waals surface area (Å²) in [4.78, 5) is 33.7. The number of imidazole rings is 1. The summed E-state index contributed by atoms with van der Waals surface area (Å²) in [7, 11) is -0.261. The molecule has 0 saturated heterocycles. The zero-order chi connectivity index (χ0) is 25.7. The minimum Gasteiger partial charge on any atom is -0.494 e. The molecule has 0 aliphatic rings. The van der Waals surface area contributed by atoms with E-state index in [0.717, 1.165) is 0 Å². The third kappa shape index (κ3) is 6.15. The first-order chi connectivity index (χ1) is 17.3. The molecule has 0 aliphatic carbocycles. The van der Waals surface area contributed by atoms with E-state index in [-0.39, 0.29) is 49.1 Å². The second-order valence-corrected chi connectivity index (χ2v) is 8.82. The molecular formula is C21H23FN5O8P. The molecule has 0 aliphatic heterocycles. The number of aromatic amines is 1. The molecule has 1 unspecified atom stereocenters. The van der Waals surface area contributed by atoms with E-state index in [1.54, 1.807) is 17.6 Å². The summed E-state index contributed by atoms with van der Waals surface area (Å²) in [6, 6.07) is 4.47. The Balaban J connectivity index is 1.37. The van der Waals surface area contributed by atoms with Crippen LogP contribution in [-0.4, -0.2) is 39.6 Å². The topological polar surface area (TPSA) is 170 Å². The predicted octanol–water partition coefficient (Wildman–Crippen LogP) is 2.42. The molecule has 0 spiro atoms. The van der Waals surface area contributed by atoms with Crippen LogP contribution in [0.3, 0.4) is 0 Å². The quantitative estimate of drug-likeness (QED) is 0.206. The smallest absolute Gasteiger partial charge is 0.494 e. The Morgan fingerprint density at radius 3 is 2.75 bits per heavy atom. The summed E-state index contributed by atoms with van der Waals surface area (Å²) in [5.74, 6) is -0.723. The number of fused-ring (bicyclic) bond motifs is 1. The Morgan fingerprint density at radius 2 is 2.03 bits per heavy atom. The lowest BCUT2D eigenvalue weighted by Gasteiger charge is -2.17. The van der Waals surface area contributed by atoms with E-state index in [2.05, 4.69) is 15.0 Å². The van der Waals surface area contributed by atoms with E-state index >= 15 is 0 Å². The first-order valence-electron chi connectivity index (χ1n) is 10.6. The number of anilines is 1. The van der Waals surface area contributed by atoms with E-state index in [1.807, 2.05) is 0 Å². The van der Waals surface area contributed by atoms with Gasteiger partial charge in [0, 0.05) is 6.54 Å². The molecule has 3 heterocycles. The van der Waals surface area contributed by atoms with Gasteiger partial charge in [-0.2, -0.15) is 4.98 Å². The first kappa shape index (κ1) is 25.5. The van der Waals surface area contributed by atoms with Crippen molar-refractivity contribution in [3.63, 3.8) is 0 Å². The summed E-state index contributed by atoms with van der Waals surface area (Å²) in [6.45, 7) is 2.08. The normalized spacial score (nSPS) is 12.3. The summed E-state index contributed by atoms with van der Waals surface area (Å²) < 4.78 is 47.7. The van der Waals surface area contributed by atoms with Crippen molar-refractivity contribution < 1.29 is 31.7 Å². The van der Waals surface area contributed by atoms with Gasteiger partial charge in [-0.3, -0.25) is 9.78 Å². The second kappa shape index (κ2) is 11.4. The van der Waals surface area contributed by atoms with E-state index < -0.39 is 25.6 Å². The molecular weight excluding hydrogens is 500 g/mol. The fourth-order valence-electron chi connectivity index (χ4n) is 3.13. The zero-order valence-electron chi connectivity index (χ0n) is 19.4. The van der Waals surface area contributed by atoms with Gasteiger partial charge in [-0.25, -0.2) is 14.2 Å². The van der Waals surface area contributed by atoms with Crippen LogP contribution in [0.25, 0.3) is 11.2 Å². The van der Waals surface area contributed by atoms with E-state index in [1.165, 1.54) is 25.6 Å². The number of nitrogens with one attached hydrogen (secondary N) is 1. The van der Waals surface area contributed by atoms with E-state index in [0.29, 0.717) is 23.5 Å². The van der Waals surface area contributed by atoms with Gasteiger partial charge in [0.25, 0.3) is 5.56 Å². The Kier molecular flexibility index (Phi) is 8.10. The molecule has 0 fully saturated rings. The molecule has 15 heteroatoms. The lowest BCUT2D eigenvalue weighted by Crippen LogP contribution is -2.13. The van der Waals surface area contributed by atoms with Crippen LogP contribution in [0.1, 0.15) is 17.1 Å². The molecule has 0 amide bonds. The van der Waals surface area contributed by atoms with Gasteiger partial charge in [0.05, 0.1) is 26.7 Å². The highest BCUT2D eigenvalue weighted by molar-refractivity contribution is 7.46. The molecule has 13 nitrogen and oxygen atoms in total. The molecule has 36 heavy (non-hydrogen) atoms. The average Bonchev–Trinajstić information content (AvgIpc) is 3.39. The second-order valence-electron chi connectivity index (χ2n) is 7.38. The highest BCUT2D eigenvalue weighted by Gasteiger charge is 2.17. The molecule has 0 radical (unpaired) electrons. The Morgan fingerprint density at radius 1 is 1.22 bits per heavy atom. The summed E-state index contributed by atoms with van der Waals surface area (Å²) >= 11 is 0. The maximum atomic E-state index is 14.0. The van der Waals surface area contributed by atoms with Gasteiger partial charge in [-0.15, -0.1) is 0 Å². The van der Waals surface area contributed by atoms with Crippen molar-refractivity contribution in [1.82, 2.24) is 19.5 Å². The standard InChI is InChI=1S/C21H23FN5O8P/c1-12-16(35-21(29)34-12)9-33-36(32-8-13-3-4-15(30-2)14(22)7-13)11-31-6-5-27-10-24-17-18(27)25-20(23)26-19(17)28/h3-4,7,10H,5-6,8-9,11H2,1-2H3,(H3,23,25,26,28). The SMILES string of the molecule is COc1ccc(COP(COCCn2cnc3c(=O)[nH]c(N)nc32)OCc2oc(=O)oc2C)cc1F. The molecule has 4 rings (SSSR count). The number of methoxy groups -OCH3 is 1. The summed E-state index contributed by atoms with van der Waals surface area (Å²) in [5, 5.41) is 0. The average molecular weight is 523 g/mol. The number of ether oxygens (including phenoxy) is 2. The number of hydrogen-bond acceptors (Lipinski definition) is 11. The van der Waals surface area contributed by atoms with E-state index in [4.69, 9.17) is 33.1 Å². The van der Waals surface area contributed by atoms with Crippen molar-refractivity contribution in [3.05, 3.63) is 68.4 Å². The monoisotopic (exact) mass is 523 g/mol. The highest BCUT2D eigenvalue weighted by Crippen LogP contribution is 2.40. The predicted molar refractivity (Wildman–Crippen MR) is 125 cm³/mol. The van der Waals surface area contributed by atoms with Crippen molar-refractivity contribution >= 4 is 25.5 Å². The summed E-state index contributed by atoms with van der Waals surface area (Å²) in [5.41, 5.74) is 6.25. The Hall–Kier alpha value is -3.58. The maximum absolute atomic E-state index is 14.0. The van der Waals surface area contributed by atoms with Crippen molar-refractivity contribution in [2.75, 3.05) is 25.8 Å². The lowest BCUT2D eigenvalue weighted by molar-refractivity contribution is 0.135. The Labute approximate surface area is 203 Å². The van der Waals surface area contributed by atoms with Crippen LogP contribution in [0.5, 0.6) is 5.75 Å². The molecule has 3 N–H and O–H groups in total. The third-order valence-electron chi connectivity index (χ3n) is 4.93. The molecule has 0 saturated carbocycles. The van der Waals surface area contributed by atoms with Crippen molar-refractivity contribution in [2.45, 2.75) is 26.7 Å². The van der Waals surface area contributed by atoms with Crippen molar-refractivity contribution in [2.24, 2.45) is 0 Å². The number of rotatable bonds is 12. The first-order valence-corrected chi connectivity index (χ1v) is 11.9. The maximum Gasteiger partial charge on any atom is 0.519 e. The molecule has 192 valence electrons. The molecule has 1 aromatic carbocycles. The van der Waals surface area contributed by atoms with Gasteiger partial charge in [0.15, 0.2) is 36.9 Å². The number of aromatic nitrogens is 4. The number of nitrogens with two attached hydrogens (primary N) is 1. The van der Waals surface area contributed by atoms with Crippen LogP contribution in [0.15, 0.2) is 42.9 Å². The van der Waals surface area contributed by atoms with Crippen LogP contribution in [0.2, 0.25) is 0 Å². The number of aryl methyl sites for hydroxylation is 1. The number of hydrogen-bond donors (Lipinski definition) is 2. The molecule has 0 bridgehead atoms. The highest BCUT2D eigenvalue weighted by atomic mass is 31.2. The minimum atomic E-state index is -1.64. The zero-order valence-corrected chi connectivity index (χ0v) is 20.2. The fourth-order valence-corrected chi connectivity index (χ4v) is 4.19. The van der Waals surface area contributed by atoms with Crippen LogP contribution >= 0.6 is 8.38 Å². The van der Waals surface area contributed by atoms with Gasteiger partial charge in [-0.1, -0.05) is 6.07 Å². The third-order valence-corrected chi connectivity index (χ3v) is 6.16. The number of nitrogen functional groups attached to an aromatic ring is 1. The van der Waals surface area contributed by atoms with Crippen LogP contribution in [0.4, 0.5) is 10.3 Å². The molecule has 3 aromatic heterocycles.